The van der Waals surface area contributed by atoms with Crippen LogP contribution in [0.3, 0.4) is 0 Å². The van der Waals surface area contributed by atoms with Gasteiger partial charge in [0.05, 0.1) is 13.2 Å². The van der Waals surface area contributed by atoms with Crippen molar-refractivity contribution in [3.05, 3.63) is 24.3 Å². The quantitative estimate of drug-likeness (QED) is 0.909. The van der Waals surface area contributed by atoms with Crippen molar-refractivity contribution in [3.8, 4) is 0 Å². The number of nitrogens with one attached hydrogen (secondary N) is 1. The molecule has 1 N–H and O–H groups in total. The van der Waals surface area contributed by atoms with E-state index in [1.165, 1.54) is 43.5 Å². The monoisotopic (exact) mass is 288 g/mol. The van der Waals surface area contributed by atoms with E-state index in [-0.39, 0.29) is 0 Å². The highest BCUT2D eigenvalue weighted by Gasteiger charge is 2.19. The zero-order valence-electron chi connectivity index (χ0n) is 13.2. The van der Waals surface area contributed by atoms with Crippen LogP contribution in [0, 0.1) is 5.92 Å². The van der Waals surface area contributed by atoms with E-state index in [9.17, 15) is 0 Å². The van der Waals surface area contributed by atoms with Crippen molar-refractivity contribution in [2.45, 2.75) is 45.1 Å². The second kappa shape index (κ2) is 7.17. The highest BCUT2D eigenvalue weighted by atomic mass is 16.5. The van der Waals surface area contributed by atoms with Crippen LogP contribution in [-0.2, 0) is 4.74 Å². The summed E-state index contributed by atoms with van der Waals surface area (Å²) in [6, 6.07) is 9.51. The van der Waals surface area contributed by atoms with Crippen LogP contribution in [0.4, 0.5) is 11.4 Å². The Hall–Kier alpha value is -1.22. The number of ether oxygens (including phenoxy) is 1. The molecule has 1 aromatic rings. The highest BCUT2D eigenvalue weighted by Crippen LogP contribution is 2.28. The topological polar surface area (TPSA) is 24.5 Å². The SMILES string of the molecule is CC(Nc1ccc(N2CCOCC2)cc1)C1CCCCC1. The van der Waals surface area contributed by atoms with Crippen LogP contribution >= 0.6 is 0 Å². The number of rotatable bonds is 4. The van der Waals surface area contributed by atoms with E-state index in [4.69, 9.17) is 4.74 Å². The van der Waals surface area contributed by atoms with E-state index in [1.807, 2.05) is 0 Å². The Labute approximate surface area is 128 Å². The maximum absolute atomic E-state index is 5.41. The smallest absolute Gasteiger partial charge is 0.0642 e. The number of nitrogens with zero attached hydrogens (tertiary/aromatic N) is 1. The molecule has 3 nitrogen and oxygen atoms in total. The first-order valence-corrected chi connectivity index (χ1v) is 8.52. The van der Waals surface area contributed by atoms with Gasteiger partial charge >= 0.3 is 0 Å². The fourth-order valence-electron chi connectivity index (χ4n) is 3.60. The van der Waals surface area contributed by atoms with Gasteiger partial charge in [0.1, 0.15) is 0 Å². The molecule has 0 aromatic heterocycles. The lowest BCUT2D eigenvalue weighted by molar-refractivity contribution is 0.122. The maximum atomic E-state index is 5.41. The molecule has 21 heavy (non-hydrogen) atoms. The van der Waals surface area contributed by atoms with Crippen LogP contribution in [0.2, 0.25) is 0 Å². The Morgan fingerprint density at radius 2 is 1.71 bits per heavy atom. The van der Waals surface area contributed by atoms with Gasteiger partial charge < -0.3 is 15.0 Å². The normalized spacial score (nSPS) is 22.0. The molecule has 1 saturated heterocycles. The van der Waals surface area contributed by atoms with Crippen LogP contribution in [-0.4, -0.2) is 32.3 Å². The molecule has 0 spiro atoms. The first-order valence-electron chi connectivity index (χ1n) is 8.52. The minimum Gasteiger partial charge on any atom is -0.382 e. The molecule has 2 aliphatic rings. The van der Waals surface area contributed by atoms with E-state index in [2.05, 4.69) is 41.4 Å². The van der Waals surface area contributed by atoms with Gasteiger partial charge in [-0.05, 0) is 49.9 Å². The van der Waals surface area contributed by atoms with Gasteiger partial charge in [-0.25, -0.2) is 0 Å². The summed E-state index contributed by atoms with van der Waals surface area (Å²) in [7, 11) is 0. The van der Waals surface area contributed by atoms with Gasteiger partial charge in [0, 0.05) is 30.5 Å². The molecule has 0 amide bonds. The molecular weight excluding hydrogens is 260 g/mol. The number of morpholine rings is 1. The fourth-order valence-corrected chi connectivity index (χ4v) is 3.60. The predicted octanol–water partition coefficient (Wildman–Crippen LogP) is 3.90. The maximum Gasteiger partial charge on any atom is 0.0642 e. The van der Waals surface area contributed by atoms with E-state index < -0.39 is 0 Å². The van der Waals surface area contributed by atoms with Gasteiger partial charge in [0.15, 0.2) is 0 Å². The molecule has 116 valence electrons. The van der Waals surface area contributed by atoms with Crippen LogP contribution in [0.25, 0.3) is 0 Å². The fraction of sp³-hybridized carbons (Fsp3) is 0.667. The van der Waals surface area contributed by atoms with Crippen LogP contribution in [0.5, 0.6) is 0 Å². The third kappa shape index (κ3) is 3.91. The Morgan fingerprint density at radius 1 is 1.05 bits per heavy atom. The molecule has 1 saturated carbocycles. The third-order valence-corrected chi connectivity index (χ3v) is 4.99. The van der Waals surface area contributed by atoms with Gasteiger partial charge in [-0.2, -0.15) is 0 Å². The van der Waals surface area contributed by atoms with Crippen LogP contribution in [0.15, 0.2) is 24.3 Å². The van der Waals surface area contributed by atoms with Crippen molar-refractivity contribution in [2.24, 2.45) is 5.92 Å². The zero-order chi connectivity index (χ0) is 14.5. The zero-order valence-corrected chi connectivity index (χ0v) is 13.2. The summed E-state index contributed by atoms with van der Waals surface area (Å²) in [5.41, 5.74) is 2.57. The van der Waals surface area contributed by atoms with Gasteiger partial charge in [0.2, 0.25) is 0 Å². The summed E-state index contributed by atoms with van der Waals surface area (Å²) in [6.45, 7) is 6.04. The van der Waals surface area contributed by atoms with Crippen molar-refractivity contribution >= 4 is 11.4 Å². The summed E-state index contributed by atoms with van der Waals surface area (Å²) >= 11 is 0. The summed E-state index contributed by atoms with van der Waals surface area (Å²) in [5.74, 6) is 0.845. The molecule has 1 aliphatic heterocycles. The average Bonchev–Trinajstić information content (AvgIpc) is 2.57. The lowest BCUT2D eigenvalue weighted by Crippen LogP contribution is -2.36. The summed E-state index contributed by atoms with van der Waals surface area (Å²) in [5, 5.41) is 3.70. The van der Waals surface area contributed by atoms with Crippen LogP contribution in [0.1, 0.15) is 39.0 Å². The molecule has 1 aromatic carbocycles. The molecule has 1 heterocycles. The highest BCUT2D eigenvalue weighted by molar-refractivity contribution is 5.55. The van der Waals surface area contributed by atoms with E-state index in [0.29, 0.717) is 6.04 Å². The molecule has 0 bridgehead atoms. The summed E-state index contributed by atoms with van der Waals surface area (Å²) in [6.07, 6.45) is 7.02. The Morgan fingerprint density at radius 3 is 2.38 bits per heavy atom. The average molecular weight is 288 g/mol. The molecule has 1 unspecified atom stereocenters. The number of benzene rings is 1. The second-order valence-electron chi connectivity index (χ2n) is 6.48. The molecule has 0 radical (unpaired) electrons. The van der Waals surface area contributed by atoms with Crippen LogP contribution < -0.4 is 10.2 Å². The third-order valence-electron chi connectivity index (χ3n) is 4.99. The van der Waals surface area contributed by atoms with Gasteiger partial charge in [-0.3, -0.25) is 0 Å². The van der Waals surface area contributed by atoms with Crippen molar-refractivity contribution < 1.29 is 4.74 Å². The molecule has 3 heteroatoms. The minimum atomic E-state index is 0.583. The predicted molar refractivity (Wildman–Crippen MR) is 89.1 cm³/mol. The van der Waals surface area contributed by atoms with Crippen molar-refractivity contribution in [1.29, 1.82) is 0 Å². The van der Waals surface area contributed by atoms with E-state index in [0.717, 1.165) is 32.2 Å². The van der Waals surface area contributed by atoms with E-state index in [1.54, 1.807) is 0 Å². The molecule has 1 aliphatic carbocycles. The molecule has 1 atom stereocenters. The van der Waals surface area contributed by atoms with Crippen molar-refractivity contribution in [1.82, 2.24) is 0 Å². The van der Waals surface area contributed by atoms with Gasteiger partial charge in [-0.15, -0.1) is 0 Å². The molecule has 2 fully saturated rings. The van der Waals surface area contributed by atoms with E-state index >= 15 is 0 Å². The molecular formula is C18H28N2O. The summed E-state index contributed by atoms with van der Waals surface area (Å²) < 4.78 is 5.41. The lowest BCUT2D eigenvalue weighted by atomic mass is 9.84. The number of hydrogen-bond acceptors (Lipinski definition) is 3. The number of hydrogen-bond donors (Lipinski definition) is 1. The Balaban J connectivity index is 1.56. The first kappa shape index (κ1) is 14.7. The summed E-state index contributed by atoms with van der Waals surface area (Å²) in [4.78, 5) is 2.40. The standard InChI is InChI=1S/C18H28N2O/c1-15(16-5-3-2-4-6-16)19-17-7-9-18(10-8-17)20-11-13-21-14-12-20/h7-10,15-16,19H,2-6,11-14H2,1H3. The Bertz CT molecular complexity index is 419. The lowest BCUT2D eigenvalue weighted by Gasteiger charge is -2.30. The largest absolute Gasteiger partial charge is 0.382 e. The minimum absolute atomic E-state index is 0.583. The van der Waals surface area contributed by atoms with Crippen molar-refractivity contribution in [2.75, 3.05) is 36.5 Å². The van der Waals surface area contributed by atoms with Crippen molar-refractivity contribution in [3.63, 3.8) is 0 Å². The Kier molecular flexibility index (Phi) is 5.02. The number of anilines is 2. The second-order valence-corrected chi connectivity index (χ2v) is 6.48. The van der Waals surface area contributed by atoms with Gasteiger partial charge in [-0.1, -0.05) is 19.3 Å². The molecule has 3 rings (SSSR count). The first-order chi connectivity index (χ1) is 10.3. The van der Waals surface area contributed by atoms with Gasteiger partial charge in [0.25, 0.3) is 0 Å².